The van der Waals surface area contributed by atoms with Crippen molar-refractivity contribution in [2.75, 3.05) is 14.2 Å². The van der Waals surface area contributed by atoms with Gasteiger partial charge < -0.3 is 14.2 Å². The highest BCUT2D eigenvalue weighted by atomic mass is 19.1. The Balaban J connectivity index is 2.00. The van der Waals surface area contributed by atoms with Crippen LogP contribution in [-0.4, -0.2) is 19.2 Å². The molecule has 1 radical (unpaired) electrons. The monoisotopic (exact) mass is 450 g/mol. The van der Waals surface area contributed by atoms with Crippen LogP contribution >= 0.6 is 0 Å². The van der Waals surface area contributed by atoms with Gasteiger partial charge in [-0.3, -0.25) is 0 Å². The molecule has 1 atom stereocenters. The van der Waals surface area contributed by atoms with E-state index in [1.165, 1.54) is 18.9 Å². The summed E-state index contributed by atoms with van der Waals surface area (Å²) in [6.45, 7) is 8.75. The number of hydrogen-bond donors (Lipinski definition) is 0. The van der Waals surface area contributed by atoms with Crippen molar-refractivity contribution in [3.8, 4) is 22.8 Å². The van der Waals surface area contributed by atoms with Gasteiger partial charge in [-0.2, -0.15) is 0 Å². The molecule has 3 rings (SSSR count). The Hall–Kier alpha value is -2.92. The smallest absolute Gasteiger partial charge is 0.213 e. The molecule has 0 aliphatic rings. The van der Waals surface area contributed by atoms with E-state index in [0.717, 1.165) is 28.9 Å². The van der Waals surface area contributed by atoms with Crippen LogP contribution in [0.3, 0.4) is 0 Å². The first-order valence-corrected chi connectivity index (χ1v) is 11.1. The molecule has 175 valence electrons. The predicted molar refractivity (Wildman–Crippen MR) is 130 cm³/mol. The highest BCUT2D eigenvalue weighted by molar-refractivity contribution is 5.70. The molecule has 0 N–H and O–H groups in total. The summed E-state index contributed by atoms with van der Waals surface area (Å²) >= 11 is 0. The third-order valence-corrected chi connectivity index (χ3v) is 5.49. The second-order valence-electron chi connectivity index (χ2n) is 9.16. The van der Waals surface area contributed by atoms with Gasteiger partial charge in [0.1, 0.15) is 18.2 Å². The second kappa shape index (κ2) is 10.8. The number of hydrogen-bond acceptors (Lipinski definition) is 4. The van der Waals surface area contributed by atoms with Crippen LogP contribution in [0.5, 0.6) is 11.6 Å². The highest BCUT2D eigenvalue weighted by Gasteiger charge is 2.29. The Kier molecular flexibility index (Phi) is 8.09. The van der Waals surface area contributed by atoms with Gasteiger partial charge in [0.15, 0.2) is 0 Å². The Morgan fingerprint density at radius 2 is 1.79 bits per heavy atom. The van der Waals surface area contributed by atoms with Crippen molar-refractivity contribution in [1.29, 1.82) is 0 Å². The van der Waals surface area contributed by atoms with Crippen molar-refractivity contribution in [2.24, 2.45) is 5.41 Å². The number of nitrogens with zero attached hydrogens (tertiary/aromatic N) is 1. The van der Waals surface area contributed by atoms with Crippen molar-refractivity contribution in [3.63, 3.8) is 0 Å². The molecule has 1 aromatic heterocycles. The lowest BCUT2D eigenvalue weighted by atomic mass is 9.81. The first-order valence-electron chi connectivity index (χ1n) is 11.1. The zero-order chi connectivity index (χ0) is 24.0. The molecular formula is C28H33FNO3. The topological polar surface area (TPSA) is 40.6 Å². The van der Waals surface area contributed by atoms with Crippen molar-refractivity contribution in [2.45, 2.75) is 46.8 Å². The molecule has 3 aromatic rings. The van der Waals surface area contributed by atoms with Crippen LogP contribution in [0.4, 0.5) is 4.39 Å². The third kappa shape index (κ3) is 6.11. The van der Waals surface area contributed by atoms with Crippen LogP contribution < -0.4 is 9.47 Å². The van der Waals surface area contributed by atoms with Crippen LogP contribution in [0.15, 0.2) is 54.7 Å². The number of pyridine rings is 1. The van der Waals surface area contributed by atoms with Crippen LogP contribution in [0.2, 0.25) is 0 Å². The zero-order valence-electron chi connectivity index (χ0n) is 20.3. The van der Waals surface area contributed by atoms with Crippen LogP contribution in [0, 0.1) is 17.7 Å². The van der Waals surface area contributed by atoms with Crippen LogP contribution in [0.1, 0.15) is 50.5 Å². The van der Waals surface area contributed by atoms with E-state index in [4.69, 9.17) is 14.2 Å². The molecule has 0 amide bonds. The van der Waals surface area contributed by atoms with E-state index < -0.39 is 5.82 Å². The van der Waals surface area contributed by atoms with E-state index in [1.807, 2.05) is 37.3 Å². The summed E-state index contributed by atoms with van der Waals surface area (Å²) in [4.78, 5) is 3.98. The minimum Gasteiger partial charge on any atom is -0.489 e. The van der Waals surface area contributed by atoms with Gasteiger partial charge in [0.05, 0.1) is 19.4 Å². The average molecular weight is 451 g/mol. The van der Waals surface area contributed by atoms with Crippen molar-refractivity contribution >= 4 is 0 Å². The van der Waals surface area contributed by atoms with Crippen LogP contribution in [-0.2, 0) is 17.8 Å². The summed E-state index contributed by atoms with van der Waals surface area (Å²) in [6.07, 6.45) is 3.95. The predicted octanol–water partition coefficient (Wildman–Crippen LogP) is 6.98. The fourth-order valence-corrected chi connectivity index (χ4v) is 4.01. The summed E-state index contributed by atoms with van der Waals surface area (Å²) in [7, 11) is 3.20. The number of aromatic nitrogens is 1. The van der Waals surface area contributed by atoms with Crippen LogP contribution in [0.25, 0.3) is 11.1 Å². The lowest BCUT2D eigenvalue weighted by Gasteiger charge is -2.32. The minimum atomic E-state index is -0.408. The molecule has 33 heavy (non-hydrogen) atoms. The van der Waals surface area contributed by atoms with E-state index in [2.05, 4.69) is 44.3 Å². The first kappa shape index (κ1) is 24.7. The summed E-state index contributed by atoms with van der Waals surface area (Å²) in [5.74, 6) is 0.775. The number of halogens is 1. The lowest BCUT2D eigenvalue weighted by Crippen LogP contribution is -2.21. The fourth-order valence-electron chi connectivity index (χ4n) is 4.01. The first-order chi connectivity index (χ1) is 15.8. The van der Waals surface area contributed by atoms with E-state index in [-0.39, 0.29) is 11.5 Å². The highest BCUT2D eigenvalue weighted by Crippen LogP contribution is 2.41. The Morgan fingerprint density at radius 1 is 1.00 bits per heavy atom. The minimum absolute atomic E-state index is 0.207. The van der Waals surface area contributed by atoms with E-state index in [9.17, 15) is 4.39 Å². The second-order valence-corrected chi connectivity index (χ2v) is 9.16. The van der Waals surface area contributed by atoms with Gasteiger partial charge in [-0.1, -0.05) is 52.0 Å². The summed E-state index contributed by atoms with van der Waals surface area (Å²) in [5.41, 5.74) is 4.06. The lowest BCUT2D eigenvalue weighted by molar-refractivity contribution is 0.0155. The SMILES string of the molecule is C[CH]Cc1cccc(OCc2ccc(-c3cc(OC)ncc3F)c([C@@H](OC)C(C)(C)C)c2)c1. The molecule has 0 aliphatic carbocycles. The van der Waals surface area contributed by atoms with E-state index >= 15 is 0 Å². The molecule has 0 spiro atoms. The Bertz CT molecular complexity index is 1070. The van der Waals surface area contributed by atoms with Gasteiger partial charge >= 0.3 is 0 Å². The maximum Gasteiger partial charge on any atom is 0.213 e. The van der Waals surface area contributed by atoms with Crippen molar-refractivity contribution in [1.82, 2.24) is 4.98 Å². The standard InChI is InChI=1S/C28H33FNO3/c1-7-9-19-10-8-11-21(14-19)33-18-20-12-13-22(23-16-26(31-5)30-17-25(23)29)24(15-20)27(32-6)28(2,3)4/h7-8,10-17,27H,9,18H2,1-6H3/t27-/m1/s1. The molecular weight excluding hydrogens is 417 g/mol. The summed E-state index contributed by atoms with van der Waals surface area (Å²) in [5, 5.41) is 0. The van der Waals surface area contributed by atoms with Crippen molar-refractivity contribution < 1.29 is 18.6 Å². The Labute approximate surface area is 196 Å². The molecule has 0 saturated heterocycles. The number of benzene rings is 2. The van der Waals surface area contributed by atoms with Gasteiger partial charge in [-0.25, -0.2) is 9.37 Å². The molecule has 1 heterocycles. The molecule has 0 aliphatic heterocycles. The molecule has 2 aromatic carbocycles. The van der Waals surface area contributed by atoms with Gasteiger partial charge in [-0.05, 0) is 58.7 Å². The molecule has 0 unspecified atom stereocenters. The Morgan fingerprint density at radius 3 is 2.45 bits per heavy atom. The van der Waals surface area contributed by atoms with Gasteiger partial charge in [0.25, 0.3) is 0 Å². The van der Waals surface area contributed by atoms with E-state index in [0.29, 0.717) is 18.1 Å². The van der Waals surface area contributed by atoms with Gasteiger partial charge in [-0.15, -0.1) is 0 Å². The van der Waals surface area contributed by atoms with Crippen molar-refractivity contribution in [3.05, 3.63) is 83.7 Å². The molecule has 5 heteroatoms. The van der Waals surface area contributed by atoms with Gasteiger partial charge in [0, 0.05) is 18.7 Å². The third-order valence-electron chi connectivity index (χ3n) is 5.49. The molecule has 0 fully saturated rings. The maximum atomic E-state index is 14.8. The molecule has 0 bridgehead atoms. The molecule has 4 nitrogen and oxygen atoms in total. The maximum absolute atomic E-state index is 14.8. The van der Waals surface area contributed by atoms with E-state index in [1.54, 1.807) is 13.2 Å². The summed E-state index contributed by atoms with van der Waals surface area (Å²) < 4.78 is 32.0. The average Bonchev–Trinajstić information content (AvgIpc) is 2.78. The number of rotatable bonds is 9. The molecule has 0 saturated carbocycles. The zero-order valence-corrected chi connectivity index (χ0v) is 20.3. The fraction of sp³-hybridized carbons (Fsp3) is 0.357. The normalized spacial score (nSPS) is 12.5. The summed E-state index contributed by atoms with van der Waals surface area (Å²) in [6, 6.07) is 15.7. The number of ether oxygens (including phenoxy) is 3. The number of methoxy groups -OCH3 is 2. The van der Waals surface area contributed by atoms with Gasteiger partial charge in [0.2, 0.25) is 5.88 Å². The quantitative estimate of drug-likeness (QED) is 0.353. The largest absolute Gasteiger partial charge is 0.489 e.